The van der Waals surface area contributed by atoms with Crippen molar-refractivity contribution in [2.75, 3.05) is 6.54 Å². The first kappa shape index (κ1) is 19.3. The SMILES string of the molecule is O=c1[nH]c(-c2cncnc2)nc2c1CN(Cc1ccc([N+](=O)[O-])cc1[N+](=O)[O-])CC2. The van der Waals surface area contributed by atoms with Crippen LogP contribution in [0.5, 0.6) is 0 Å². The standard InChI is InChI=1S/C18H15N7O5/c26-18-14-9-23(8-11-1-2-13(24(27)28)5-16(11)25(29)30)4-3-15(14)21-17(22-18)12-6-19-10-20-7-12/h1-2,5-7,10H,3-4,8-9H2,(H,21,22,26). The third-order valence-corrected chi connectivity index (χ3v) is 4.85. The van der Waals surface area contributed by atoms with Crippen LogP contribution in [-0.4, -0.2) is 41.2 Å². The molecule has 30 heavy (non-hydrogen) atoms. The van der Waals surface area contributed by atoms with Crippen LogP contribution in [-0.2, 0) is 19.5 Å². The van der Waals surface area contributed by atoms with Crippen LogP contribution in [0, 0.1) is 20.2 Å². The average molecular weight is 409 g/mol. The van der Waals surface area contributed by atoms with Gasteiger partial charge in [-0.1, -0.05) is 0 Å². The van der Waals surface area contributed by atoms with E-state index in [-0.39, 0.29) is 30.0 Å². The predicted molar refractivity (Wildman–Crippen MR) is 103 cm³/mol. The van der Waals surface area contributed by atoms with Gasteiger partial charge in [-0.2, -0.15) is 0 Å². The van der Waals surface area contributed by atoms with Gasteiger partial charge in [-0.25, -0.2) is 15.0 Å². The average Bonchev–Trinajstić information content (AvgIpc) is 2.74. The van der Waals surface area contributed by atoms with Crippen molar-refractivity contribution in [1.82, 2.24) is 24.8 Å². The molecular weight excluding hydrogens is 394 g/mol. The van der Waals surface area contributed by atoms with Crippen LogP contribution >= 0.6 is 0 Å². The first-order chi connectivity index (χ1) is 14.4. The van der Waals surface area contributed by atoms with E-state index in [2.05, 4.69) is 19.9 Å². The van der Waals surface area contributed by atoms with Gasteiger partial charge in [-0.05, 0) is 6.07 Å². The molecule has 3 heterocycles. The maximum atomic E-state index is 12.6. The van der Waals surface area contributed by atoms with E-state index >= 15 is 0 Å². The molecule has 1 aromatic carbocycles. The van der Waals surface area contributed by atoms with Crippen molar-refractivity contribution in [3.8, 4) is 11.4 Å². The van der Waals surface area contributed by atoms with Crippen LogP contribution in [0.25, 0.3) is 11.4 Å². The van der Waals surface area contributed by atoms with E-state index < -0.39 is 9.85 Å². The minimum Gasteiger partial charge on any atom is -0.306 e. The Kier molecular flexibility index (Phi) is 4.98. The Bertz CT molecular complexity index is 1200. The lowest BCUT2D eigenvalue weighted by Crippen LogP contribution is -2.35. The van der Waals surface area contributed by atoms with Crippen molar-refractivity contribution in [3.05, 3.63) is 84.3 Å². The minimum absolute atomic E-state index is 0.182. The van der Waals surface area contributed by atoms with Crippen molar-refractivity contribution < 1.29 is 9.85 Å². The maximum Gasteiger partial charge on any atom is 0.280 e. The van der Waals surface area contributed by atoms with Crippen molar-refractivity contribution >= 4 is 11.4 Å². The smallest absolute Gasteiger partial charge is 0.280 e. The number of aromatic nitrogens is 4. The Labute approximate surface area is 168 Å². The highest BCUT2D eigenvalue weighted by Gasteiger charge is 2.25. The Balaban J connectivity index is 1.59. The number of H-pyrrole nitrogens is 1. The van der Waals surface area contributed by atoms with Gasteiger partial charge in [0.1, 0.15) is 12.2 Å². The lowest BCUT2D eigenvalue weighted by atomic mass is 10.0. The van der Waals surface area contributed by atoms with E-state index in [0.717, 1.165) is 6.07 Å². The lowest BCUT2D eigenvalue weighted by molar-refractivity contribution is -0.394. The third kappa shape index (κ3) is 3.75. The topological polar surface area (TPSA) is 161 Å². The number of hydrogen-bond acceptors (Lipinski definition) is 9. The summed E-state index contributed by atoms with van der Waals surface area (Å²) in [6.07, 6.45) is 4.98. The van der Waals surface area contributed by atoms with Crippen LogP contribution in [0.1, 0.15) is 16.8 Å². The van der Waals surface area contributed by atoms with Gasteiger partial charge in [0.05, 0.1) is 32.7 Å². The number of fused-ring (bicyclic) bond motifs is 1. The molecule has 4 rings (SSSR count). The van der Waals surface area contributed by atoms with Crippen molar-refractivity contribution in [2.45, 2.75) is 19.5 Å². The zero-order valence-electron chi connectivity index (χ0n) is 15.5. The Morgan fingerprint density at radius 3 is 2.60 bits per heavy atom. The number of nitrogens with one attached hydrogen (secondary N) is 1. The molecular formula is C18H15N7O5. The molecule has 0 atom stereocenters. The summed E-state index contributed by atoms with van der Waals surface area (Å²) in [6, 6.07) is 3.57. The molecule has 0 fully saturated rings. The lowest BCUT2D eigenvalue weighted by Gasteiger charge is -2.27. The molecule has 152 valence electrons. The number of nitrogens with zero attached hydrogens (tertiary/aromatic N) is 6. The summed E-state index contributed by atoms with van der Waals surface area (Å²) in [4.78, 5) is 50.5. The Morgan fingerprint density at radius 2 is 1.90 bits per heavy atom. The summed E-state index contributed by atoms with van der Waals surface area (Å²) in [5.41, 5.74) is 1.15. The fourth-order valence-corrected chi connectivity index (χ4v) is 3.38. The molecule has 12 nitrogen and oxygen atoms in total. The molecule has 0 spiro atoms. The van der Waals surface area contributed by atoms with Crippen LogP contribution in [0.3, 0.4) is 0 Å². The number of benzene rings is 1. The van der Waals surface area contributed by atoms with Gasteiger partial charge in [0.25, 0.3) is 16.9 Å². The minimum atomic E-state index is -0.672. The molecule has 1 aliphatic heterocycles. The van der Waals surface area contributed by atoms with Gasteiger partial charge in [0.15, 0.2) is 0 Å². The zero-order chi connectivity index (χ0) is 21.3. The Morgan fingerprint density at radius 1 is 1.13 bits per heavy atom. The molecule has 2 aromatic heterocycles. The highest BCUT2D eigenvalue weighted by molar-refractivity contribution is 5.52. The van der Waals surface area contributed by atoms with Gasteiger partial charge in [-0.3, -0.25) is 29.9 Å². The summed E-state index contributed by atoms with van der Waals surface area (Å²) >= 11 is 0. The highest BCUT2D eigenvalue weighted by Crippen LogP contribution is 2.27. The van der Waals surface area contributed by atoms with E-state index in [0.29, 0.717) is 41.2 Å². The molecule has 0 bridgehead atoms. The van der Waals surface area contributed by atoms with Gasteiger partial charge in [-0.15, -0.1) is 0 Å². The summed E-state index contributed by atoms with van der Waals surface area (Å²) in [6.45, 7) is 0.973. The van der Waals surface area contributed by atoms with E-state index in [4.69, 9.17) is 0 Å². The van der Waals surface area contributed by atoms with E-state index in [1.807, 2.05) is 4.90 Å². The fourth-order valence-electron chi connectivity index (χ4n) is 3.38. The van der Waals surface area contributed by atoms with Crippen LogP contribution in [0.4, 0.5) is 11.4 Å². The largest absolute Gasteiger partial charge is 0.306 e. The second-order valence-electron chi connectivity index (χ2n) is 6.75. The quantitative estimate of drug-likeness (QED) is 0.487. The van der Waals surface area contributed by atoms with Crippen molar-refractivity contribution in [3.63, 3.8) is 0 Å². The predicted octanol–water partition coefficient (Wildman–Crippen LogP) is 1.60. The number of aromatic amines is 1. The van der Waals surface area contributed by atoms with E-state index in [1.165, 1.54) is 18.5 Å². The number of hydrogen-bond donors (Lipinski definition) is 1. The third-order valence-electron chi connectivity index (χ3n) is 4.85. The molecule has 1 aliphatic rings. The zero-order valence-corrected chi connectivity index (χ0v) is 15.5. The van der Waals surface area contributed by atoms with Gasteiger partial charge < -0.3 is 4.98 Å². The van der Waals surface area contributed by atoms with E-state index in [9.17, 15) is 25.0 Å². The maximum absolute atomic E-state index is 12.6. The van der Waals surface area contributed by atoms with Crippen LogP contribution in [0.15, 0.2) is 41.7 Å². The molecule has 12 heteroatoms. The number of non-ortho nitro benzene ring substituents is 1. The van der Waals surface area contributed by atoms with Crippen LogP contribution < -0.4 is 5.56 Å². The first-order valence-electron chi connectivity index (χ1n) is 8.94. The monoisotopic (exact) mass is 409 g/mol. The molecule has 0 saturated heterocycles. The Hall–Kier alpha value is -4.06. The fraction of sp³-hybridized carbons (Fsp3) is 0.222. The number of nitro groups is 2. The van der Waals surface area contributed by atoms with Crippen molar-refractivity contribution in [2.24, 2.45) is 0 Å². The molecule has 1 N–H and O–H groups in total. The molecule has 0 aliphatic carbocycles. The molecule has 0 radical (unpaired) electrons. The van der Waals surface area contributed by atoms with E-state index in [1.54, 1.807) is 12.4 Å². The van der Waals surface area contributed by atoms with Gasteiger partial charge >= 0.3 is 0 Å². The number of nitro benzene ring substituents is 2. The second-order valence-corrected chi connectivity index (χ2v) is 6.75. The molecule has 0 unspecified atom stereocenters. The normalized spacial score (nSPS) is 13.6. The molecule has 3 aromatic rings. The molecule has 0 amide bonds. The summed E-state index contributed by atoms with van der Waals surface area (Å²) in [5, 5.41) is 22.3. The van der Waals surface area contributed by atoms with Gasteiger partial charge in [0, 0.05) is 50.1 Å². The number of rotatable bonds is 5. The summed E-state index contributed by atoms with van der Waals surface area (Å²) < 4.78 is 0. The first-order valence-corrected chi connectivity index (χ1v) is 8.94. The highest BCUT2D eigenvalue weighted by atomic mass is 16.6. The summed E-state index contributed by atoms with van der Waals surface area (Å²) in [7, 11) is 0. The summed E-state index contributed by atoms with van der Waals surface area (Å²) in [5.74, 6) is 0.388. The molecule has 0 saturated carbocycles. The second kappa shape index (κ2) is 7.75. The van der Waals surface area contributed by atoms with Gasteiger partial charge in [0.2, 0.25) is 0 Å². The van der Waals surface area contributed by atoms with Crippen molar-refractivity contribution in [1.29, 1.82) is 0 Å². The van der Waals surface area contributed by atoms with Crippen LogP contribution in [0.2, 0.25) is 0 Å².